The molecule has 1 aromatic carbocycles. The number of nitrogens with zero attached hydrogens (tertiary/aromatic N) is 3. The van der Waals surface area contributed by atoms with E-state index in [4.69, 9.17) is 0 Å². The first-order valence-corrected chi connectivity index (χ1v) is 7.73. The summed E-state index contributed by atoms with van der Waals surface area (Å²) in [7, 11) is 1.25. The highest BCUT2D eigenvalue weighted by Crippen LogP contribution is 2.32. The number of esters is 1. The lowest BCUT2D eigenvalue weighted by molar-refractivity contribution is -0.116. The molecule has 0 spiro atoms. The number of methoxy groups -OCH3 is 1. The highest BCUT2D eigenvalue weighted by molar-refractivity contribution is 9.11. The minimum atomic E-state index is -0.601. The first kappa shape index (κ1) is 16.6. The first-order chi connectivity index (χ1) is 10.4. The molecule has 1 amide bonds. The van der Waals surface area contributed by atoms with Crippen LogP contribution in [0.4, 0.5) is 5.69 Å². The van der Waals surface area contributed by atoms with Gasteiger partial charge in [-0.15, -0.1) is 5.10 Å². The molecule has 22 heavy (non-hydrogen) atoms. The third-order valence-corrected chi connectivity index (χ3v) is 3.94. The van der Waals surface area contributed by atoms with Crippen LogP contribution in [0.1, 0.15) is 16.1 Å². The Hall–Kier alpha value is -1.74. The van der Waals surface area contributed by atoms with E-state index in [1.165, 1.54) is 18.0 Å². The Morgan fingerprint density at radius 3 is 2.55 bits per heavy atom. The summed E-state index contributed by atoms with van der Waals surface area (Å²) < 4.78 is 7.32. The van der Waals surface area contributed by atoms with Gasteiger partial charge in [0.25, 0.3) is 0 Å². The number of carbonyl (C=O) groups excluding carboxylic acids is 2. The van der Waals surface area contributed by atoms with Crippen LogP contribution in [0.15, 0.2) is 27.3 Å². The van der Waals surface area contributed by atoms with Crippen LogP contribution in [0.25, 0.3) is 0 Å². The predicted octanol–water partition coefficient (Wildman–Crippen LogP) is 2.54. The van der Waals surface area contributed by atoms with Gasteiger partial charge in [-0.2, -0.15) is 0 Å². The summed E-state index contributed by atoms with van der Waals surface area (Å²) in [6, 6.07) is 3.79. The quantitative estimate of drug-likeness (QED) is 0.751. The van der Waals surface area contributed by atoms with E-state index < -0.39 is 5.97 Å². The van der Waals surface area contributed by atoms with E-state index >= 15 is 0 Å². The lowest BCUT2D eigenvalue weighted by atomic mass is 10.2. The average molecular weight is 432 g/mol. The van der Waals surface area contributed by atoms with E-state index in [9.17, 15) is 9.59 Å². The van der Waals surface area contributed by atoms with Crippen LogP contribution in [-0.2, 0) is 16.1 Å². The second-order valence-corrected chi connectivity index (χ2v) is 6.15. The second-order valence-electron chi connectivity index (χ2n) is 4.44. The molecule has 1 N–H and O–H groups in total. The van der Waals surface area contributed by atoms with Gasteiger partial charge in [0.2, 0.25) is 5.91 Å². The van der Waals surface area contributed by atoms with Crippen LogP contribution < -0.4 is 5.32 Å². The Morgan fingerprint density at radius 1 is 1.32 bits per heavy atom. The standard InChI is InChI=1S/C13H12Br2N4O3/c1-7-3-8(14)12(9(15)4-7)16-11(20)6-19-5-10(17-18-19)13(21)22-2/h3-5H,6H2,1-2H3,(H,16,20). The average Bonchev–Trinajstić information content (AvgIpc) is 2.90. The summed E-state index contributed by atoms with van der Waals surface area (Å²) in [5.41, 5.74) is 1.73. The topological polar surface area (TPSA) is 86.1 Å². The van der Waals surface area contributed by atoms with Crippen LogP contribution in [0.3, 0.4) is 0 Å². The molecule has 0 bridgehead atoms. The van der Waals surface area contributed by atoms with Crippen molar-refractivity contribution in [1.29, 1.82) is 0 Å². The zero-order valence-corrected chi connectivity index (χ0v) is 14.9. The summed E-state index contributed by atoms with van der Waals surface area (Å²) in [6.07, 6.45) is 1.35. The normalized spacial score (nSPS) is 10.4. The highest BCUT2D eigenvalue weighted by Gasteiger charge is 2.14. The molecule has 2 aromatic rings. The molecule has 0 atom stereocenters. The molecule has 0 saturated heterocycles. The highest BCUT2D eigenvalue weighted by atomic mass is 79.9. The molecule has 1 heterocycles. The number of rotatable bonds is 4. The van der Waals surface area contributed by atoms with Gasteiger partial charge < -0.3 is 10.1 Å². The summed E-state index contributed by atoms with van der Waals surface area (Å²) >= 11 is 6.81. The number of anilines is 1. The van der Waals surface area contributed by atoms with Gasteiger partial charge in [-0.25, -0.2) is 9.48 Å². The largest absolute Gasteiger partial charge is 0.464 e. The number of carbonyl (C=O) groups is 2. The van der Waals surface area contributed by atoms with Crippen LogP contribution in [0.2, 0.25) is 0 Å². The number of aromatic nitrogens is 3. The van der Waals surface area contributed by atoms with Gasteiger partial charge in [-0.05, 0) is 56.5 Å². The fourth-order valence-corrected chi connectivity index (χ4v) is 3.33. The molecule has 9 heteroatoms. The van der Waals surface area contributed by atoms with Gasteiger partial charge in [0.1, 0.15) is 6.54 Å². The Bertz CT molecular complexity index is 707. The van der Waals surface area contributed by atoms with E-state index in [1.54, 1.807) is 0 Å². The zero-order chi connectivity index (χ0) is 16.3. The van der Waals surface area contributed by atoms with Crippen molar-refractivity contribution in [2.45, 2.75) is 13.5 Å². The predicted molar refractivity (Wildman–Crippen MR) is 86.6 cm³/mol. The number of hydrogen-bond acceptors (Lipinski definition) is 5. The first-order valence-electron chi connectivity index (χ1n) is 6.14. The van der Waals surface area contributed by atoms with Crippen molar-refractivity contribution in [3.05, 3.63) is 38.5 Å². The van der Waals surface area contributed by atoms with Crippen molar-refractivity contribution in [3.8, 4) is 0 Å². The minimum Gasteiger partial charge on any atom is -0.464 e. The number of nitrogens with one attached hydrogen (secondary N) is 1. The molecule has 0 radical (unpaired) electrons. The van der Waals surface area contributed by atoms with Gasteiger partial charge in [-0.3, -0.25) is 4.79 Å². The second kappa shape index (κ2) is 7.01. The van der Waals surface area contributed by atoms with Crippen molar-refractivity contribution in [2.75, 3.05) is 12.4 Å². The maximum atomic E-state index is 12.1. The number of ether oxygens (including phenoxy) is 1. The van der Waals surface area contributed by atoms with Gasteiger partial charge in [-0.1, -0.05) is 5.21 Å². The summed E-state index contributed by atoms with van der Waals surface area (Å²) in [5.74, 6) is -0.901. The molecule has 0 unspecified atom stereocenters. The molecule has 0 aliphatic rings. The van der Waals surface area contributed by atoms with Crippen LogP contribution in [0.5, 0.6) is 0 Å². The third kappa shape index (κ3) is 3.92. The summed E-state index contributed by atoms with van der Waals surface area (Å²) in [5, 5.41) is 10.1. The maximum Gasteiger partial charge on any atom is 0.360 e. The minimum absolute atomic E-state index is 0.0491. The van der Waals surface area contributed by atoms with Crippen LogP contribution in [-0.4, -0.2) is 34.0 Å². The fraction of sp³-hybridized carbons (Fsp3) is 0.231. The van der Waals surface area contributed by atoms with Crippen LogP contribution >= 0.6 is 31.9 Å². The zero-order valence-electron chi connectivity index (χ0n) is 11.8. The Morgan fingerprint density at radius 2 is 1.95 bits per heavy atom. The van der Waals surface area contributed by atoms with E-state index in [1.807, 2.05) is 19.1 Å². The van der Waals surface area contributed by atoms with Gasteiger partial charge >= 0.3 is 5.97 Å². The van der Waals surface area contributed by atoms with Gasteiger partial charge in [0, 0.05) is 8.95 Å². The van der Waals surface area contributed by atoms with E-state index in [0.717, 1.165) is 14.5 Å². The smallest absolute Gasteiger partial charge is 0.360 e. The summed E-state index contributed by atoms with van der Waals surface area (Å²) in [6.45, 7) is 1.88. The van der Waals surface area contributed by atoms with E-state index in [2.05, 4.69) is 52.2 Å². The van der Waals surface area contributed by atoms with Crippen molar-refractivity contribution < 1.29 is 14.3 Å². The maximum absolute atomic E-state index is 12.1. The molecule has 0 fully saturated rings. The number of amides is 1. The van der Waals surface area contributed by atoms with Crippen molar-refractivity contribution in [1.82, 2.24) is 15.0 Å². The molecule has 0 saturated carbocycles. The molecule has 116 valence electrons. The summed E-state index contributed by atoms with van der Waals surface area (Å²) in [4.78, 5) is 23.3. The number of aryl methyl sites for hydroxylation is 1. The van der Waals surface area contributed by atoms with Crippen molar-refractivity contribution >= 4 is 49.4 Å². The van der Waals surface area contributed by atoms with Gasteiger partial charge in [0.15, 0.2) is 5.69 Å². The number of hydrogen-bond donors (Lipinski definition) is 1. The fourth-order valence-electron chi connectivity index (χ4n) is 1.72. The van der Waals surface area contributed by atoms with E-state index in [0.29, 0.717) is 5.69 Å². The Kier molecular flexibility index (Phi) is 5.30. The molecular formula is C13H12Br2N4O3. The third-order valence-electron chi connectivity index (χ3n) is 2.69. The SMILES string of the molecule is COC(=O)c1cn(CC(=O)Nc2c(Br)cc(C)cc2Br)nn1. The molecule has 2 rings (SSSR count). The van der Waals surface area contributed by atoms with E-state index in [-0.39, 0.29) is 18.1 Å². The Labute approximate surface area is 143 Å². The molecule has 7 nitrogen and oxygen atoms in total. The van der Waals surface area contributed by atoms with Crippen molar-refractivity contribution in [3.63, 3.8) is 0 Å². The van der Waals surface area contributed by atoms with Crippen LogP contribution in [0, 0.1) is 6.92 Å². The van der Waals surface area contributed by atoms with Crippen molar-refractivity contribution in [2.24, 2.45) is 0 Å². The molecule has 1 aromatic heterocycles. The molecule has 0 aliphatic heterocycles. The number of benzene rings is 1. The lowest BCUT2D eigenvalue weighted by Gasteiger charge is -2.10. The van der Waals surface area contributed by atoms with Gasteiger partial charge in [0.05, 0.1) is 19.0 Å². The molecular weight excluding hydrogens is 420 g/mol. The number of halogens is 2. The lowest BCUT2D eigenvalue weighted by Crippen LogP contribution is -2.19. The molecule has 0 aliphatic carbocycles. The monoisotopic (exact) mass is 430 g/mol. The Balaban J connectivity index is 2.08.